The van der Waals surface area contributed by atoms with Crippen LogP contribution in [0.1, 0.15) is 24.4 Å². The van der Waals surface area contributed by atoms with Crippen molar-refractivity contribution < 1.29 is 13.9 Å². The van der Waals surface area contributed by atoms with Crippen molar-refractivity contribution in [3.05, 3.63) is 36.3 Å². The Morgan fingerprint density at radius 1 is 1.71 bits per heavy atom. The number of hydrogen-bond donors (Lipinski definition) is 0. The number of ether oxygens (including phenoxy) is 1. The minimum atomic E-state index is -0.349. The van der Waals surface area contributed by atoms with E-state index in [1.165, 1.54) is 7.11 Å². The second kappa shape index (κ2) is 4.65. The number of methoxy groups -OCH3 is 1. The van der Waals surface area contributed by atoms with Crippen molar-refractivity contribution in [1.82, 2.24) is 0 Å². The van der Waals surface area contributed by atoms with E-state index < -0.39 is 0 Å². The zero-order chi connectivity index (χ0) is 10.6. The highest BCUT2D eigenvalue weighted by atomic mass is 16.5. The maximum absolute atomic E-state index is 11.2. The quantitative estimate of drug-likeness (QED) is 0.545. The van der Waals surface area contributed by atoms with Gasteiger partial charge in [0.2, 0.25) is 0 Å². The van der Waals surface area contributed by atoms with E-state index in [4.69, 9.17) is 4.42 Å². The van der Waals surface area contributed by atoms with E-state index in [-0.39, 0.29) is 11.9 Å². The lowest BCUT2D eigenvalue weighted by atomic mass is 10.1. The summed E-state index contributed by atoms with van der Waals surface area (Å²) < 4.78 is 10.1. The predicted molar refractivity (Wildman–Crippen MR) is 53.0 cm³/mol. The van der Waals surface area contributed by atoms with E-state index in [0.717, 1.165) is 5.76 Å². The maximum Gasteiger partial charge on any atom is 0.316 e. The van der Waals surface area contributed by atoms with Crippen molar-refractivity contribution in [1.29, 1.82) is 0 Å². The molecule has 3 nitrogen and oxygen atoms in total. The third-order valence-corrected chi connectivity index (χ3v) is 2.01. The fourth-order valence-electron chi connectivity index (χ4n) is 1.17. The van der Waals surface area contributed by atoms with Crippen LogP contribution in [0.4, 0.5) is 0 Å². The minimum absolute atomic E-state index is 0.287. The van der Waals surface area contributed by atoms with E-state index in [0.29, 0.717) is 12.2 Å². The number of hydrogen-bond acceptors (Lipinski definition) is 3. The Morgan fingerprint density at radius 2 is 2.43 bits per heavy atom. The van der Waals surface area contributed by atoms with Crippen LogP contribution in [0.25, 0.3) is 0 Å². The van der Waals surface area contributed by atoms with Gasteiger partial charge in [-0.15, -0.1) is 6.58 Å². The van der Waals surface area contributed by atoms with E-state index in [2.05, 4.69) is 11.3 Å². The number of carbonyl (C=O) groups excluding carboxylic acids is 1. The number of allylic oxidation sites excluding steroid dienone is 1. The van der Waals surface area contributed by atoms with Gasteiger partial charge < -0.3 is 9.15 Å². The van der Waals surface area contributed by atoms with Gasteiger partial charge in [-0.05, 0) is 19.1 Å². The van der Waals surface area contributed by atoms with Crippen LogP contribution in [-0.4, -0.2) is 13.1 Å². The van der Waals surface area contributed by atoms with Crippen LogP contribution in [0.3, 0.4) is 0 Å². The average Bonchev–Trinajstić information content (AvgIpc) is 2.64. The summed E-state index contributed by atoms with van der Waals surface area (Å²) >= 11 is 0. The lowest BCUT2D eigenvalue weighted by molar-refractivity contribution is -0.142. The molecule has 0 aliphatic heterocycles. The molecule has 0 bridgehead atoms. The molecule has 1 aromatic rings. The summed E-state index contributed by atoms with van der Waals surface area (Å²) in [6.07, 6.45) is 2.43. The van der Waals surface area contributed by atoms with Crippen LogP contribution in [-0.2, 0) is 16.0 Å². The van der Waals surface area contributed by atoms with Gasteiger partial charge in [-0.25, -0.2) is 0 Å². The smallest absolute Gasteiger partial charge is 0.316 e. The van der Waals surface area contributed by atoms with E-state index >= 15 is 0 Å². The van der Waals surface area contributed by atoms with Crippen LogP contribution in [0, 0.1) is 0 Å². The highest BCUT2D eigenvalue weighted by molar-refractivity contribution is 5.76. The second-order valence-electron chi connectivity index (χ2n) is 3.04. The van der Waals surface area contributed by atoms with E-state index in [1.54, 1.807) is 19.1 Å². The van der Waals surface area contributed by atoms with Crippen molar-refractivity contribution in [2.45, 2.75) is 19.3 Å². The Labute approximate surface area is 83.4 Å². The molecule has 0 saturated heterocycles. The van der Waals surface area contributed by atoms with Gasteiger partial charge in [0, 0.05) is 6.42 Å². The predicted octanol–water partition coefficient (Wildman–Crippen LogP) is 2.28. The lowest BCUT2D eigenvalue weighted by Crippen LogP contribution is -2.09. The monoisotopic (exact) mass is 194 g/mol. The Kier molecular flexibility index (Phi) is 3.51. The summed E-state index contributed by atoms with van der Waals surface area (Å²) in [6.45, 7) is 5.36. The van der Waals surface area contributed by atoms with Crippen molar-refractivity contribution >= 4 is 5.97 Å². The standard InChI is InChI=1S/C11H14O3/c1-4-5-9-6-7-10(14-9)8(2)11(12)13-3/h4,6-8H,1,5H2,2-3H3. The van der Waals surface area contributed by atoms with Gasteiger partial charge in [-0.3, -0.25) is 4.79 Å². The van der Waals surface area contributed by atoms with Crippen molar-refractivity contribution in [3.63, 3.8) is 0 Å². The zero-order valence-corrected chi connectivity index (χ0v) is 8.45. The first-order chi connectivity index (χ1) is 6.69. The zero-order valence-electron chi connectivity index (χ0n) is 8.45. The SMILES string of the molecule is C=CCc1ccc(C(C)C(=O)OC)o1. The van der Waals surface area contributed by atoms with Gasteiger partial charge in [0.1, 0.15) is 17.4 Å². The van der Waals surface area contributed by atoms with Crippen LogP contribution in [0.2, 0.25) is 0 Å². The molecule has 0 N–H and O–H groups in total. The van der Waals surface area contributed by atoms with Crippen LogP contribution < -0.4 is 0 Å². The van der Waals surface area contributed by atoms with Gasteiger partial charge in [-0.1, -0.05) is 6.08 Å². The molecule has 0 radical (unpaired) electrons. The third-order valence-electron chi connectivity index (χ3n) is 2.01. The van der Waals surface area contributed by atoms with Gasteiger partial charge in [0.15, 0.2) is 0 Å². The fraction of sp³-hybridized carbons (Fsp3) is 0.364. The van der Waals surface area contributed by atoms with Crippen molar-refractivity contribution in [2.24, 2.45) is 0 Å². The lowest BCUT2D eigenvalue weighted by Gasteiger charge is -2.04. The van der Waals surface area contributed by atoms with E-state index in [9.17, 15) is 4.79 Å². The first-order valence-corrected chi connectivity index (χ1v) is 4.46. The molecule has 0 aliphatic rings. The Bertz CT molecular complexity index is 325. The van der Waals surface area contributed by atoms with Crippen LogP contribution >= 0.6 is 0 Å². The minimum Gasteiger partial charge on any atom is -0.468 e. The van der Waals surface area contributed by atoms with Crippen molar-refractivity contribution in [3.8, 4) is 0 Å². The molecule has 3 heteroatoms. The number of rotatable bonds is 4. The molecule has 1 rings (SSSR count). The molecule has 0 fully saturated rings. The molecular weight excluding hydrogens is 180 g/mol. The van der Waals surface area contributed by atoms with Gasteiger partial charge in [0.05, 0.1) is 7.11 Å². The summed E-state index contributed by atoms with van der Waals surface area (Å²) in [7, 11) is 1.37. The van der Waals surface area contributed by atoms with E-state index in [1.807, 2.05) is 6.07 Å². The van der Waals surface area contributed by atoms with Crippen LogP contribution in [0.15, 0.2) is 29.2 Å². The number of carbonyl (C=O) groups is 1. The molecular formula is C11H14O3. The Hall–Kier alpha value is -1.51. The summed E-state index contributed by atoms with van der Waals surface area (Å²) in [4.78, 5) is 11.2. The normalized spacial score (nSPS) is 12.1. The Balaban J connectivity index is 2.75. The van der Waals surface area contributed by atoms with Gasteiger partial charge in [0.25, 0.3) is 0 Å². The van der Waals surface area contributed by atoms with Crippen molar-refractivity contribution in [2.75, 3.05) is 7.11 Å². The summed E-state index contributed by atoms with van der Waals surface area (Å²) in [5, 5.41) is 0. The van der Waals surface area contributed by atoms with Gasteiger partial charge in [-0.2, -0.15) is 0 Å². The first kappa shape index (κ1) is 10.6. The molecule has 0 amide bonds. The van der Waals surface area contributed by atoms with Gasteiger partial charge >= 0.3 is 5.97 Å². The summed E-state index contributed by atoms with van der Waals surface area (Å²) in [6, 6.07) is 3.64. The topological polar surface area (TPSA) is 39.4 Å². The fourth-order valence-corrected chi connectivity index (χ4v) is 1.17. The largest absolute Gasteiger partial charge is 0.468 e. The third kappa shape index (κ3) is 2.25. The Morgan fingerprint density at radius 3 is 3.00 bits per heavy atom. The molecule has 0 spiro atoms. The maximum atomic E-state index is 11.2. The molecule has 1 heterocycles. The number of esters is 1. The highest BCUT2D eigenvalue weighted by Gasteiger charge is 2.18. The van der Waals surface area contributed by atoms with Crippen LogP contribution in [0.5, 0.6) is 0 Å². The molecule has 0 aliphatic carbocycles. The molecule has 1 atom stereocenters. The molecule has 1 aromatic heterocycles. The summed E-state index contributed by atoms with van der Waals surface area (Å²) in [5.74, 6) is 0.808. The molecule has 1 unspecified atom stereocenters. The molecule has 76 valence electrons. The molecule has 0 saturated carbocycles. The highest BCUT2D eigenvalue weighted by Crippen LogP contribution is 2.19. The average molecular weight is 194 g/mol. The molecule has 0 aromatic carbocycles. The number of furan rings is 1. The second-order valence-corrected chi connectivity index (χ2v) is 3.04. The first-order valence-electron chi connectivity index (χ1n) is 4.46. The summed E-state index contributed by atoms with van der Waals surface area (Å²) in [5.41, 5.74) is 0. The molecule has 14 heavy (non-hydrogen) atoms.